The fourth-order valence-electron chi connectivity index (χ4n) is 4.14. The van der Waals surface area contributed by atoms with Crippen molar-refractivity contribution in [1.82, 2.24) is 9.80 Å². The number of aliphatic hydroxyl groups is 1. The van der Waals surface area contributed by atoms with Crippen LogP contribution in [0.2, 0.25) is 0 Å². The maximum absolute atomic E-state index is 10.3. The molecule has 4 heteroatoms. The second-order valence-electron chi connectivity index (χ2n) is 8.03. The molecular weight excluding hydrogens is 312 g/mol. The van der Waals surface area contributed by atoms with E-state index in [0.717, 1.165) is 37.2 Å². The van der Waals surface area contributed by atoms with Gasteiger partial charge in [0.05, 0.1) is 0 Å². The van der Waals surface area contributed by atoms with Crippen LogP contribution in [0.3, 0.4) is 0 Å². The Morgan fingerprint density at radius 3 is 2.60 bits per heavy atom. The third-order valence-corrected chi connectivity index (χ3v) is 5.65. The van der Waals surface area contributed by atoms with Gasteiger partial charge in [-0.1, -0.05) is 25.1 Å². The highest BCUT2D eigenvalue weighted by Crippen LogP contribution is 2.22. The van der Waals surface area contributed by atoms with Gasteiger partial charge < -0.3 is 19.6 Å². The molecule has 2 saturated heterocycles. The van der Waals surface area contributed by atoms with Gasteiger partial charge in [0, 0.05) is 19.6 Å². The van der Waals surface area contributed by atoms with Crippen LogP contribution < -0.4 is 4.74 Å². The average molecular weight is 347 g/mol. The first kappa shape index (κ1) is 18.7. The Hall–Kier alpha value is -1.10. The molecule has 0 aromatic heterocycles. The predicted molar refractivity (Wildman–Crippen MR) is 102 cm³/mol. The highest BCUT2D eigenvalue weighted by atomic mass is 16.5. The van der Waals surface area contributed by atoms with E-state index in [1.54, 1.807) is 0 Å². The molecule has 2 aliphatic rings. The van der Waals surface area contributed by atoms with E-state index in [1.165, 1.54) is 45.3 Å². The highest BCUT2D eigenvalue weighted by molar-refractivity contribution is 5.20. The zero-order valence-corrected chi connectivity index (χ0v) is 15.6. The SMILES string of the molecule is CC1CCN(CC2CCCN(CC(O)COc3ccccc3)C2)CC1. The molecular formula is C21H34N2O2. The maximum Gasteiger partial charge on any atom is 0.119 e. The fraction of sp³-hybridized carbons (Fsp3) is 0.714. The summed E-state index contributed by atoms with van der Waals surface area (Å²) in [6.45, 7) is 9.47. The van der Waals surface area contributed by atoms with Gasteiger partial charge in [0.25, 0.3) is 0 Å². The summed E-state index contributed by atoms with van der Waals surface area (Å²) in [5.74, 6) is 2.49. The molecule has 0 amide bonds. The standard InChI is InChI=1S/C21H34N2O2/c1-18-9-12-22(13-10-18)14-19-6-5-11-23(15-19)16-20(24)17-25-21-7-3-2-4-8-21/h2-4,7-8,18-20,24H,5-6,9-17H2,1H3. The van der Waals surface area contributed by atoms with Gasteiger partial charge in [-0.2, -0.15) is 0 Å². The van der Waals surface area contributed by atoms with Crippen molar-refractivity contribution < 1.29 is 9.84 Å². The molecule has 2 atom stereocenters. The number of hydrogen-bond acceptors (Lipinski definition) is 4. The summed E-state index contributed by atoms with van der Waals surface area (Å²) in [6, 6.07) is 9.75. The van der Waals surface area contributed by atoms with Crippen LogP contribution in [-0.2, 0) is 0 Å². The van der Waals surface area contributed by atoms with Crippen molar-refractivity contribution in [3.63, 3.8) is 0 Å². The first-order valence-electron chi connectivity index (χ1n) is 9.99. The van der Waals surface area contributed by atoms with E-state index >= 15 is 0 Å². The van der Waals surface area contributed by atoms with E-state index in [1.807, 2.05) is 30.3 Å². The number of piperidine rings is 2. The largest absolute Gasteiger partial charge is 0.491 e. The van der Waals surface area contributed by atoms with Crippen molar-refractivity contribution in [2.75, 3.05) is 45.9 Å². The molecule has 0 bridgehead atoms. The molecule has 1 aromatic rings. The highest BCUT2D eigenvalue weighted by Gasteiger charge is 2.25. The lowest BCUT2D eigenvalue weighted by atomic mass is 9.94. The quantitative estimate of drug-likeness (QED) is 0.823. The Morgan fingerprint density at radius 2 is 1.84 bits per heavy atom. The van der Waals surface area contributed by atoms with Crippen molar-refractivity contribution in [3.05, 3.63) is 30.3 Å². The minimum Gasteiger partial charge on any atom is -0.491 e. The molecule has 140 valence electrons. The van der Waals surface area contributed by atoms with Crippen LogP contribution in [0.15, 0.2) is 30.3 Å². The minimum atomic E-state index is -0.421. The van der Waals surface area contributed by atoms with Crippen LogP contribution in [-0.4, -0.2) is 66.9 Å². The van der Waals surface area contributed by atoms with E-state index in [4.69, 9.17) is 4.74 Å². The molecule has 25 heavy (non-hydrogen) atoms. The average Bonchev–Trinajstić information content (AvgIpc) is 2.63. The normalized spacial score (nSPS) is 25.0. The van der Waals surface area contributed by atoms with E-state index < -0.39 is 6.10 Å². The summed E-state index contributed by atoms with van der Waals surface area (Å²) < 4.78 is 5.68. The monoisotopic (exact) mass is 346 g/mol. The molecule has 0 aliphatic carbocycles. The summed E-state index contributed by atoms with van der Waals surface area (Å²) in [6.07, 6.45) is 4.87. The fourth-order valence-corrected chi connectivity index (χ4v) is 4.14. The van der Waals surface area contributed by atoms with Gasteiger partial charge in [-0.15, -0.1) is 0 Å². The van der Waals surface area contributed by atoms with Crippen molar-refractivity contribution in [1.29, 1.82) is 0 Å². The molecule has 1 aromatic carbocycles. The first-order valence-corrected chi connectivity index (χ1v) is 9.99. The molecule has 2 unspecified atom stereocenters. The summed E-state index contributed by atoms with van der Waals surface area (Å²) in [5, 5.41) is 10.3. The number of hydrogen-bond donors (Lipinski definition) is 1. The number of benzene rings is 1. The van der Waals surface area contributed by atoms with Crippen molar-refractivity contribution in [2.24, 2.45) is 11.8 Å². The summed E-state index contributed by atoms with van der Waals surface area (Å²) >= 11 is 0. The number of nitrogens with zero attached hydrogens (tertiary/aromatic N) is 2. The first-order chi connectivity index (χ1) is 12.2. The lowest BCUT2D eigenvalue weighted by molar-refractivity contribution is 0.0441. The van der Waals surface area contributed by atoms with E-state index in [2.05, 4.69) is 16.7 Å². The number of para-hydroxylation sites is 1. The van der Waals surface area contributed by atoms with Crippen molar-refractivity contribution in [3.8, 4) is 5.75 Å². The van der Waals surface area contributed by atoms with Crippen LogP contribution >= 0.6 is 0 Å². The van der Waals surface area contributed by atoms with E-state index in [9.17, 15) is 5.11 Å². The number of aliphatic hydroxyl groups excluding tert-OH is 1. The van der Waals surface area contributed by atoms with Gasteiger partial charge in [-0.05, 0) is 69.3 Å². The Bertz CT molecular complexity index is 488. The van der Waals surface area contributed by atoms with E-state index in [0.29, 0.717) is 6.61 Å². The van der Waals surface area contributed by atoms with Gasteiger partial charge >= 0.3 is 0 Å². The van der Waals surface area contributed by atoms with E-state index in [-0.39, 0.29) is 0 Å². The Labute approximate surface area is 152 Å². The summed E-state index contributed by atoms with van der Waals surface area (Å²) in [4.78, 5) is 5.09. The molecule has 1 N–H and O–H groups in total. The van der Waals surface area contributed by atoms with Crippen LogP contribution in [0.4, 0.5) is 0 Å². The second-order valence-corrected chi connectivity index (χ2v) is 8.03. The van der Waals surface area contributed by atoms with Gasteiger partial charge in [0.15, 0.2) is 0 Å². The minimum absolute atomic E-state index is 0.370. The summed E-state index contributed by atoms with van der Waals surface area (Å²) in [5.41, 5.74) is 0. The third kappa shape index (κ3) is 6.28. The molecule has 2 aliphatic heterocycles. The number of rotatable bonds is 7. The van der Waals surface area contributed by atoms with Gasteiger partial charge in [-0.25, -0.2) is 0 Å². The zero-order valence-electron chi connectivity index (χ0n) is 15.6. The molecule has 3 rings (SSSR count). The lowest BCUT2D eigenvalue weighted by Crippen LogP contribution is -2.45. The van der Waals surface area contributed by atoms with Crippen molar-refractivity contribution >= 4 is 0 Å². The topological polar surface area (TPSA) is 35.9 Å². The molecule has 4 nitrogen and oxygen atoms in total. The van der Waals surface area contributed by atoms with Gasteiger partial charge in [0.2, 0.25) is 0 Å². The number of β-amino-alcohol motifs (C(OH)–C–C–N with tert-alkyl or cyclic N) is 1. The predicted octanol–water partition coefficient (Wildman–Crippen LogP) is 2.87. The molecule has 0 radical (unpaired) electrons. The molecule has 0 spiro atoms. The lowest BCUT2D eigenvalue weighted by Gasteiger charge is -2.38. The Balaban J connectivity index is 1.37. The summed E-state index contributed by atoms with van der Waals surface area (Å²) in [7, 11) is 0. The van der Waals surface area contributed by atoms with Crippen LogP contribution in [0, 0.1) is 11.8 Å². The van der Waals surface area contributed by atoms with Crippen LogP contribution in [0.5, 0.6) is 5.75 Å². The third-order valence-electron chi connectivity index (χ3n) is 5.65. The molecule has 2 fully saturated rings. The maximum atomic E-state index is 10.3. The molecule has 0 saturated carbocycles. The number of likely N-dealkylation sites (tertiary alicyclic amines) is 2. The van der Waals surface area contributed by atoms with Crippen LogP contribution in [0.25, 0.3) is 0 Å². The zero-order chi connectivity index (χ0) is 17.5. The Kier molecular flexibility index (Phi) is 7.14. The van der Waals surface area contributed by atoms with Crippen LogP contribution in [0.1, 0.15) is 32.6 Å². The second kappa shape index (κ2) is 9.56. The van der Waals surface area contributed by atoms with Crippen molar-refractivity contribution in [2.45, 2.75) is 38.7 Å². The smallest absolute Gasteiger partial charge is 0.119 e. The Morgan fingerprint density at radius 1 is 1.08 bits per heavy atom. The van der Waals surface area contributed by atoms with Gasteiger partial charge in [0.1, 0.15) is 18.5 Å². The molecule has 2 heterocycles. The van der Waals surface area contributed by atoms with Gasteiger partial charge in [-0.3, -0.25) is 0 Å². The number of ether oxygens (including phenoxy) is 1.